The van der Waals surface area contributed by atoms with E-state index >= 15 is 0 Å². The van der Waals surface area contributed by atoms with Crippen molar-refractivity contribution < 1.29 is 14.3 Å². The Bertz CT molecular complexity index is 597. The maximum absolute atomic E-state index is 11.8. The second-order valence-electron chi connectivity index (χ2n) is 5.85. The highest BCUT2D eigenvalue weighted by Gasteiger charge is 2.36. The highest BCUT2D eigenvalue weighted by atomic mass is 127. The molecule has 1 aromatic heterocycles. The van der Waals surface area contributed by atoms with Gasteiger partial charge in [-0.1, -0.05) is 6.92 Å². The summed E-state index contributed by atoms with van der Waals surface area (Å²) >= 11 is 0. The minimum Gasteiger partial charge on any atom is -0.478 e. The smallest absolute Gasteiger partial charge is 0.310 e. The molecular weight excluding hydrogens is 435 g/mol. The summed E-state index contributed by atoms with van der Waals surface area (Å²) in [5, 5.41) is 3.34. The molecule has 140 valence electrons. The van der Waals surface area contributed by atoms with E-state index in [1.54, 1.807) is 13.2 Å². The van der Waals surface area contributed by atoms with Crippen molar-refractivity contribution in [1.29, 1.82) is 0 Å². The Labute approximate surface area is 166 Å². The first-order valence-corrected chi connectivity index (χ1v) is 8.20. The molecule has 25 heavy (non-hydrogen) atoms. The van der Waals surface area contributed by atoms with E-state index in [-0.39, 0.29) is 41.8 Å². The van der Waals surface area contributed by atoms with E-state index in [2.05, 4.69) is 27.1 Å². The third-order valence-electron chi connectivity index (χ3n) is 4.17. The van der Waals surface area contributed by atoms with E-state index in [9.17, 15) is 4.79 Å². The van der Waals surface area contributed by atoms with Crippen LogP contribution in [0.4, 0.5) is 0 Å². The zero-order chi connectivity index (χ0) is 17.5. The maximum atomic E-state index is 11.8. The average molecular weight is 462 g/mol. The fourth-order valence-electron chi connectivity index (χ4n) is 2.90. The van der Waals surface area contributed by atoms with Crippen LogP contribution in [0.1, 0.15) is 19.4 Å². The van der Waals surface area contributed by atoms with Gasteiger partial charge in [-0.2, -0.15) is 0 Å². The number of hydrogen-bond acceptors (Lipinski definition) is 5. The molecule has 0 aliphatic carbocycles. The molecule has 1 aliphatic rings. The van der Waals surface area contributed by atoms with E-state index in [0.717, 1.165) is 18.1 Å². The number of pyridine rings is 1. The minimum atomic E-state index is -0.157. The number of carbonyl (C=O) groups is 1. The Kier molecular flexibility index (Phi) is 8.95. The van der Waals surface area contributed by atoms with Gasteiger partial charge in [-0.15, -0.1) is 24.0 Å². The largest absolute Gasteiger partial charge is 0.478 e. The zero-order valence-corrected chi connectivity index (χ0v) is 17.5. The van der Waals surface area contributed by atoms with Crippen LogP contribution in [0.5, 0.6) is 5.88 Å². The van der Waals surface area contributed by atoms with Crippen molar-refractivity contribution in [1.82, 2.24) is 15.2 Å². The summed E-state index contributed by atoms with van der Waals surface area (Å²) in [5.74, 6) is 1.37. The molecule has 2 unspecified atom stereocenters. The second kappa shape index (κ2) is 10.4. The third-order valence-corrected chi connectivity index (χ3v) is 4.17. The third kappa shape index (κ3) is 5.72. The highest BCUT2D eigenvalue weighted by molar-refractivity contribution is 14.0. The summed E-state index contributed by atoms with van der Waals surface area (Å²) in [7, 11) is 3.18. The second-order valence-corrected chi connectivity index (χ2v) is 5.85. The Morgan fingerprint density at radius 2 is 2.24 bits per heavy atom. The molecule has 0 aromatic carbocycles. The molecule has 0 saturated carbocycles. The van der Waals surface area contributed by atoms with Crippen LogP contribution in [0.2, 0.25) is 0 Å². The van der Waals surface area contributed by atoms with E-state index in [0.29, 0.717) is 25.6 Å². The topological polar surface area (TPSA) is 76.0 Å². The van der Waals surface area contributed by atoms with Crippen molar-refractivity contribution >= 4 is 35.9 Å². The van der Waals surface area contributed by atoms with Gasteiger partial charge >= 0.3 is 5.97 Å². The van der Waals surface area contributed by atoms with Crippen LogP contribution in [0.25, 0.3) is 0 Å². The molecule has 1 aliphatic heterocycles. The summed E-state index contributed by atoms with van der Waals surface area (Å²) in [6.45, 7) is 6.59. The predicted octanol–water partition coefficient (Wildman–Crippen LogP) is 1.91. The molecule has 0 amide bonds. The SMILES string of the molecule is CCOc1cc(CNC(=NC)N2CC(C)C(C(=O)OC)C2)ccn1.I. The number of rotatable bonds is 5. The number of carbonyl (C=O) groups excluding carboxylic acids is 1. The summed E-state index contributed by atoms with van der Waals surface area (Å²) < 4.78 is 10.3. The lowest BCUT2D eigenvalue weighted by Gasteiger charge is -2.21. The van der Waals surface area contributed by atoms with Crippen LogP contribution >= 0.6 is 24.0 Å². The lowest BCUT2D eigenvalue weighted by molar-refractivity contribution is -0.145. The molecule has 2 rings (SSSR count). The lowest BCUT2D eigenvalue weighted by Crippen LogP contribution is -2.40. The van der Waals surface area contributed by atoms with Gasteiger partial charge in [-0.25, -0.2) is 4.98 Å². The van der Waals surface area contributed by atoms with Gasteiger partial charge in [-0.05, 0) is 24.5 Å². The fourth-order valence-corrected chi connectivity index (χ4v) is 2.90. The van der Waals surface area contributed by atoms with Gasteiger partial charge in [0.1, 0.15) is 0 Å². The zero-order valence-electron chi connectivity index (χ0n) is 15.2. The van der Waals surface area contributed by atoms with E-state index in [1.807, 2.05) is 19.1 Å². The van der Waals surface area contributed by atoms with Gasteiger partial charge in [0.05, 0.1) is 19.6 Å². The van der Waals surface area contributed by atoms with Crippen molar-refractivity contribution in [3.05, 3.63) is 23.9 Å². The molecule has 0 bridgehead atoms. The van der Waals surface area contributed by atoms with Crippen LogP contribution in [0.15, 0.2) is 23.3 Å². The first-order chi connectivity index (χ1) is 11.6. The number of aromatic nitrogens is 1. The summed E-state index contributed by atoms with van der Waals surface area (Å²) in [5.41, 5.74) is 1.06. The Hall–Kier alpha value is -1.58. The number of methoxy groups -OCH3 is 1. The van der Waals surface area contributed by atoms with Crippen LogP contribution in [0, 0.1) is 11.8 Å². The average Bonchev–Trinajstić information content (AvgIpc) is 2.97. The quantitative estimate of drug-likeness (QED) is 0.312. The molecular formula is C17H27IN4O3. The molecule has 2 atom stereocenters. The van der Waals surface area contributed by atoms with E-state index in [4.69, 9.17) is 9.47 Å². The number of halogens is 1. The monoisotopic (exact) mass is 462 g/mol. The molecule has 1 fully saturated rings. The molecule has 1 saturated heterocycles. The van der Waals surface area contributed by atoms with Crippen LogP contribution in [-0.2, 0) is 16.1 Å². The first kappa shape index (κ1) is 21.5. The van der Waals surface area contributed by atoms with Crippen molar-refractivity contribution in [3.8, 4) is 5.88 Å². The highest BCUT2D eigenvalue weighted by Crippen LogP contribution is 2.24. The molecule has 1 aromatic rings. The van der Waals surface area contributed by atoms with Crippen molar-refractivity contribution in [3.63, 3.8) is 0 Å². The standard InChI is InChI=1S/C17H26N4O3.HI/c1-5-24-15-8-13(6-7-19-15)9-20-17(18-3)21-10-12(2)14(11-21)16(22)23-4;/h6-8,12,14H,5,9-11H2,1-4H3,(H,18,20);1H. The predicted molar refractivity (Wildman–Crippen MR) is 107 cm³/mol. The lowest BCUT2D eigenvalue weighted by atomic mass is 9.99. The van der Waals surface area contributed by atoms with E-state index in [1.165, 1.54) is 7.11 Å². The number of aliphatic imine (C=N–C) groups is 1. The first-order valence-electron chi connectivity index (χ1n) is 8.20. The normalized spacial score (nSPS) is 20.0. The Morgan fingerprint density at radius 3 is 2.88 bits per heavy atom. The number of likely N-dealkylation sites (tertiary alicyclic amines) is 1. The van der Waals surface area contributed by atoms with Gasteiger partial charge in [0, 0.05) is 38.9 Å². The van der Waals surface area contributed by atoms with Crippen LogP contribution < -0.4 is 10.1 Å². The summed E-state index contributed by atoms with van der Waals surface area (Å²) in [6, 6.07) is 3.85. The van der Waals surface area contributed by atoms with Crippen molar-refractivity contribution in [2.75, 3.05) is 33.9 Å². The Balaban J connectivity index is 0.00000312. The van der Waals surface area contributed by atoms with Gasteiger partial charge in [0.2, 0.25) is 5.88 Å². The molecule has 8 heteroatoms. The Morgan fingerprint density at radius 1 is 1.48 bits per heavy atom. The van der Waals surface area contributed by atoms with Gasteiger partial charge < -0.3 is 19.7 Å². The molecule has 0 spiro atoms. The minimum absolute atomic E-state index is 0. The number of nitrogens with one attached hydrogen (secondary N) is 1. The van der Waals surface area contributed by atoms with Crippen LogP contribution in [-0.4, -0.2) is 55.7 Å². The molecule has 7 nitrogen and oxygen atoms in total. The molecule has 1 N–H and O–H groups in total. The number of ether oxygens (including phenoxy) is 2. The van der Waals surface area contributed by atoms with E-state index < -0.39 is 0 Å². The number of guanidine groups is 1. The summed E-state index contributed by atoms with van der Waals surface area (Å²) in [6.07, 6.45) is 1.73. The van der Waals surface area contributed by atoms with Crippen LogP contribution in [0.3, 0.4) is 0 Å². The molecule has 2 heterocycles. The maximum Gasteiger partial charge on any atom is 0.310 e. The molecule has 0 radical (unpaired) electrons. The van der Waals surface area contributed by atoms with Gasteiger partial charge in [0.15, 0.2) is 5.96 Å². The number of nitrogens with zero attached hydrogens (tertiary/aromatic N) is 3. The number of hydrogen-bond donors (Lipinski definition) is 1. The van der Waals surface area contributed by atoms with Crippen molar-refractivity contribution in [2.24, 2.45) is 16.8 Å². The van der Waals surface area contributed by atoms with Gasteiger partial charge in [0.25, 0.3) is 0 Å². The number of esters is 1. The fraction of sp³-hybridized carbons (Fsp3) is 0.588. The van der Waals surface area contributed by atoms with Crippen molar-refractivity contribution in [2.45, 2.75) is 20.4 Å². The van der Waals surface area contributed by atoms with Gasteiger partial charge in [-0.3, -0.25) is 9.79 Å². The summed E-state index contributed by atoms with van der Waals surface area (Å²) in [4.78, 5) is 22.4.